The molecule has 4 rings (SSSR count). The van der Waals surface area contributed by atoms with Crippen molar-refractivity contribution in [2.75, 3.05) is 17.3 Å². The number of carbonyl (C=O) groups excluding carboxylic acids is 1. The maximum absolute atomic E-state index is 12.7. The fraction of sp³-hybridized carbons (Fsp3) is 0.273. The standard InChI is InChI=1S/C22H22N4O3S/c1-4-28-16-12-10-15(11-13-16)21-26(14(3)27)18-9-7-6-8-17(18)19-20(29-21)23-22(25-24-19)30-5-2/h6-13,21H,4-5H2,1-3H3/t21-/m0/s1. The van der Waals surface area contributed by atoms with E-state index in [0.29, 0.717) is 29.0 Å². The molecule has 1 aromatic heterocycles. The Morgan fingerprint density at radius 2 is 1.90 bits per heavy atom. The third kappa shape index (κ3) is 3.82. The molecule has 1 amide bonds. The van der Waals surface area contributed by atoms with Crippen LogP contribution in [0.25, 0.3) is 11.3 Å². The highest BCUT2D eigenvalue weighted by Gasteiger charge is 2.34. The molecule has 8 heteroatoms. The highest BCUT2D eigenvalue weighted by atomic mass is 32.2. The highest BCUT2D eigenvalue weighted by molar-refractivity contribution is 7.99. The molecule has 0 unspecified atom stereocenters. The van der Waals surface area contributed by atoms with Gasteiger partial charge in [-0.25, -0.2) is 0 Å². The van der Waals surface area contributed by atoms with Crippen LogP contribution in [-0.4, -0.2) is 33.4 Å². The van der Waals surface area contributed by atoms with E-state index in [1.165, 1.54) is 18.7 Å². The van der Waals surface area contributed by atoms with Crippen LogP contribution in [0.15, 0.2) is 53.7 Å². The molecule has 0 aliphatic carbocycles. The molecule has 2 heterocycles. The Balaban J connectivity index is 1.87. The molecule has 1 atom stereocenters. The van der Waals surface area contributed by atoms with E-state index in [4.69, 9.17) is 9.47 Å². The predicted octanol–water partition coefficient (Wildman–Crippen LogP) is 4.49. The topological polar surface area (TPSA) is 77.4 Å². The van der Waals surface area contributed by atoms with Crippen LogP contribution >= 0.6 is 11.8 Å². The Labute approximate surface area is 179 Å². The molecule has 1 aliphatic heterocycles. The third-order valence-corrected chi connectivity index (χ3v) is 5.32. The van der Waals surface area contributed by atoms with Gasteiger partial charge in [-0.15, -0.1) is 10.2 Å². The molecule has 154 valence electrons. The Bertz CT molecular complexity index is 1060. The summed E-state index contributed by atoms with van der Waals surface area (Å²) in [5.74, 6) is 1.79. The van der Waals surface area contributed by atoms with Gasteiger partial charge in [0.15, 0.2) is 5.69 Å². The normalized spacial score (nSPS) is 14.9. The van der Waals surface area contributed by atoms with Gasteiger partial charge in [0.1, 0.15) is 5.75 Å². The van der Waals surface area contributed by atoms with Gasteiger partial charge in [-0.05, 0) is 43.0 Å². The van der Waals surface area contributed by atoms with E-state index >= 15 is 0 Å². The van der Waals surface area contributed by atoms with Crippen molar-refractivity contribution in [2.24, 2.45) is 0 Å². The maximum Gasteiger partial charge on any atom is 0.247 e. The van der Waals surface area contributed by atoms with Crippen molar-refractivity contribution in [1.82, 2.24) is 15.2 Å². The SMILES string of the molecule is CCOc1ccc([C@@H]2Oc3nc(SCC)nnc3-c3ccccc3N2C(C)=O)cc1. The number of hydrogen-bond donors (Lipinski definition) is 0. The molecular formula is C22H22N4O3S. The number of para-hydroxylation sites is 1. The molecule has 30 heavy (non-hydrogen) atoms. The van der Waals surface area contributed by atoms with Crippen molar-refractivity contribution >= 4 is 23.4 Å². The van der Waals surface area contributed by atoms with Crippen LogP contribution in [0.5, 0.6) is 11.6 Å². The van der Waals surface area contributed by atoms with Gasteiger partial charge < -0.3 is 9.47 Å². The van der Waals surface area contributed by atoms with Gasteiger partial charge in [0.05, 0.1) is 12.3 Å². The summed E-state index contributed by atoms with van der Waals surface area (Å²) in [6.45, 7) is 6.07. The number of aromatic nitrogens is 3. The van der Waals surface area contributed by atoms with E-state index < -0.39 is 6.23 Å². The summed E-state index contributed by atoms with van der Waals surface area (Å²) in [5, 5.41) is 9.14. The molecule has 0 spiro atoms. The summed E-state index contributed by atoms with van der Waals surface area (Å²) in [6, 6.07) is 15.1. The molecule has 0 saturated carbocycles. The minimum Gasteiger partial charge on any atom is -0.494 e. The molecule has 0 bridgehead atoms. The number of benzene rings is 2. The Morgan fingerprint density at radius 1 is 1.13 bits per heavy atom. The number of nitrogens with zero attached hydrogens (tertiary/aromatic N) is 4. The lowest BCUT2D eigenvalue weighted by molar-refractivity contribution is -0.118. The van der Waals surface area contributed by atoms with Gasteiger partial charge in [0.25, 0.3) is 0 Å². The second-order valence-corrected chi connectivity index (χ2v) is 7.79. The zero-order valence-electron chi connectivity index (χ0n) is 17.0. The first-order valence-corrected chi connectivity index (χ1v) is 10.8. The average molecular weight is 423 g/mol. The van der Waals surface area contributed by atoms with Crippen LogP contribution in [0.2, 0.25) is 0 Å². The first kappa shape index (κ1) is 20.2. The van der Waals surface area contributed by atoms with Crippen LogP contribution in [0, 0.1) is 0 Å². The number of amides is 1. The van der Waals surface area contributed by atoms with E-state index in [-0.39, 0.29) is 5.91 Å². The summed E-state index contributed by atoms with van der Waals surface area (Å²) < 4.78 is 11.9. The lowest BCUT2D eigenvalue weighted by Gasteiger charge is -2.30. The summed E-state index contributed by atoms with van der Waals surface area (Å²) >= 11 is 1.49. The molecule has 7 nitrogen and oxygen atoms in total. The van der Waals surface area contributed by atoms with Crippen molar-refractivity contribution in [1.29, 1.82) is 0 Å². The van der Waals surface area contributed by atoms with Gasteiger partial charge in [0.2, 0.25) is 23.2 Å². The van der Waals surface area contributed by atoms with Crippen LogP contribution in [0.3, 0.4) is 0 Å². The molecule has 0 N–H and O–H groups in total. The molecule has 0 radical (unpaired) electrons. The van der Waals surface area contributed by atoms with Crippen molar-refractivity contribution < 1.29 is 14.3 Å². The van der Waals surface area contributed by atoms with Gasteiger partial charge in [-0.1, -0.05) is 36.9 Å². The second kappa shape index (κ2) is 8.71. The first-order valence-electron chi connectivity index (χ1n) is 9.78. The average Bonchev–Trinajstić information content (AvgIpc) is 2.89. The van der Waals surface area contributed by atoms with Crippen molar-refractivity contribution in [3.63, 3.8) is 0 Å². The van der Waals surface area contributed by atoms with E-state index in [1.54, 1.807) is 4.90 Å². The number of fused-ring (bicyclic) bond motifs is 3. The number of hydrogen-bond acceptors (Lipinski definition) is 7. The molecule has 3 aromatic rings. The lowest BCUT2D eigenvalue weighted by Crippen LogP contribution is -2.36. The summed E-state index contributed by atoms with van der Waals surface area (Å²) in [7, 11) is 0. The van der Waals surface area contributed by atoms with Crippen LogP contribution in [-0.2, 0) is 4.79 Å². The van der Waals surface area contributed by atoms with E-state index in [2.05, 4.69) is 15.2 Å². The quantitative estimate of drug-likeness (QED) is 0.561. The molecule has 0 fully saturated rings. The van der Waals surface area contributed by atoms with Gasteiger partial charge in [-0.3, -0.25) is 9.69 Å². The number of carbonyl (C=O) groups is 1. The Hall–Kier alpha value is -3.13. The zero-order chi connectivity index (χ0) is 21.1. The smallest absolute Gasteiger partial charge is 0.247 e. The van der Waals surface area contributed by atoms with Crippen molar-refractivity contribution in [3.8, 4) is 22.9 Å². The van der Waals surface area contributed by atoms with Crippen LogP contribution < -0.4 is 14.4 Å². The van der Waals surface area contributed by atoms with Gasteiger partial charge in [-0.2, -0.15) is 4.98 Å². The first-order chi connectivity index (χ1) is 14.6. The van der Waals surface area contributed by atoms with Gasteiger partial charge in [0, 0.05) is 18.1 Å². The molecular weight excluding hydrogens is 400 g/mol. The predicted molar refractivity (Wildman–Crippen MR) is 116 cm³/mol. The third-order valence-electron chi connectivity index (χ3n) is 4.60. The lowest BCUT2D eigenvalue weighted by atomic mass is 10.1. The van der Waals surface area contributed by atoms with Crippen molar-refractivity contribution in [2.45, 2.75) is 32.2 Å². The second-order valence-electron chi connectivity index (χ2n) is 6.56. The Kier molecular flexibility index (Phi) is 5.85. The summed E-state index contributed by atoms with van der Waals surface area (Å²) in [4.78, 5) is 19.0. The van der Waals surface area contributed by atoms with E-state index in [9.17, 15) is 4.79 Å². The largest absolute Gasteiger partial charge is 0.494 e. The van der Waals surface area contributed by atoms with E-state index in [0.717, 1.165) is 22.6 Å². The fourth-order valence-corrected chi connectivity index (χ4v) is 3.86. The van der Waals surface area contributed by atoms with Crippen LogP contribution in [0.1, 0.15) is 32.6 Å². The number of rotatable bonds is 5. The number of anilines is 1. The van der Waals surface area contributed by atoms with Crippen molar-refractivity contribution in [3.05, 3.63) is 54.1 Å². The maximum atomic E-state index is 12.7. The monoisotopic (exact) mass is 422 g/mol. The summed E-state index contributed by atoms with van der Waals surface area (Å²) in [6.07, 6.45) is -0.697. The molecule has 1 aliphatic rings. The number of ether oxygens (including phenoxy) is 2. The van der Waals surface area contributed by atoms with Gasteiger partial charge >= 0.3 is 0 Å². The van der Waals surface area contributed by atoms with Crippen LogP contribution in [0.4, 0.5) is 5.69 Å². The highest BCUT2D eigenvalue weighted by Crippen LogP contribution is 2.43. The summed E-state index contributed by atoms with van der Waals surface area (Å²) in [5.41, 5.74) is 2.78. The molecule has 2 aromatic carbocycles. The minimum absolute atomic E-state index is 0.148. The zero-order valence-corrected chi connectivity index (χ0v) is 17.8. The minimum atomic E-state index is -0.697. The molecule has 0 saturated heterocycles. The van der Waals surface area contributed by atoms with E-state index in [1.807, 2.05) is 62.4 Å². The Morgan fingerprint density at radius 3 is 2.60 bits per heavy atom. The fourth-order valence-electron chi connectivity index (χ4n) is 3.36. The number of thioether (sulfide) groups is 1.